The number of fused-ring (bicyclic) bond motifs is 1. The average Bonchev–Trinajstić information content (AvgIpc) is 3.23. The second-order valence-corrected chi connectivity index (χ2v) is 5.63. The largest absolute Gasteiger partial charge is 0.497 e. The fourth-order valence-electron chi connectivity index (χ4n) is 2.96. The Bertz CT molecular complexity index is 972. The van der Waals surface area contributed by atoms with E-state index in [2.05, 4.69) is 9.97 Å². The first-order valence-electron chi connectivity index (χ1n) is 7.65. The van der Waals surface area contributed by atoms with Crippen LogP contribution < -0.4 is 4.74 Å². The lowest BCUT2D eigenvalue weighted by Crippen LogP contribution is -1.97. The number of H-pyrrole nitrogens is 1. The van der Waals surface area contributed by atoms with Gasteiger partial charge in [-0.05, 0) is 48.0 Å². The van der Waals surface area contributed by atoms with Crippen molar-refractivity contribution in [3.05, 3.63) is 72.6 Å². The van der Waals surface area contributed by atoms with Crippen molar-refractivity contribution in [2.45, 2.75) is 6.54 Å². The van der Waals surface area contributed by atoms with Crippen molar-refractivity contribution < 1.29 is 9.13 Å². The maximum Gasteiger partial charge on any atom is 0.125 e. The summed E-state index contributed by atoms with van der Waals surface area (Å²) >= 11 is 0. The monoisotopic (exact) mass is 321 g/mol. The van der Waals surface area contributed by atoms with Crippen molar-refractivity contribution in [1.82, 2.24) is 14.5 Å². The third-order valence-corrected chi connectivity index (χ3v) is 4.15. The van der Waals surface area contributed by atoms with Gasteiger partial charge in [-0.15, -0.1) is 0 Å². The Hall–Kier alpha value is -3.08. The molecule has 2 aromatic heterocycles. The standard InChI is InChI=1S/C19H16FN3O/c1-24-15-5-2-13(3-6-15)19-17(11-23-9-8-21-12-23)16-7-4-14(20)10-18(16)22-19/h2-10,12,22H,11H2,1H3. The number of ether oxygens (including phenoxy) is 1. The summed E-state index contributed by atoms with van der Waals surface area (Å²) in [5.74, 6) is 0.552. The average molecular weight is 321 g/mol. The third kappa shape index (κ3) is 2.54. The van der Waals surface area contributed by atoms with E-state index in [0.717, 1.165) is 33.5 Å². The summed E-state index contributed by atoms with van der Waals surface area (Å²) in [7, 11) is 1.64. The van der Waals surface area contributed by atoms with Gasteiger partial charge in [0.05, 0.1) is 25.7 Å². The SMILES string of the molecule is COc1ccc(-c2[nH]c3cc(F)ccc3c2Cn2ccnc2)cc1. The Balaban J connectivity index is 1.88. The van der Waals surface area contributed by atoms with Gasteiger partial charge in [-0.3, -0.25) is 0 Å². The molecule has 4 nitrogen and oxygen atoms in total. The molecule has 4 aromatic rings. The minimum atomic E-state index is -0.251. The molecular weight excluding hydrogens is 305 g/mol. The van der Waals surface area contributed by atoms with Gasteiger partial charge in [0.25, 0.3) is 0 Å². The zero-order valence-corrected chi connectivity index (χ0v) is 13.2. The van der Waals surface area contributed by atoms with Gasteiger partial charge in [0.2, 0.25) is 0 Å². The number of hydrogen-bond acceptors (Lipinski definition) is 2. The third-order valence-electron chi connectivity index (χ3n) is 4.15. The zero-order valence-electron chi connectivity index (χ0n) is 13.2. The number of methoxy groups -OCH3 is 1. The molecule has 5 heteroatoms. The number of nitrogens with zero attached hydrogens (tertiary/aromatic N) is 2. The van der Waals surface area contributed by atoms with Crippen LogP contribution in [0.1, 0.15) is 5.56 Å². The lowest BCUT2D eigenvalue weighted by Gasteiger charge is -2.07. The van der Waals surface area contributed by atoms with Gasteiger partial charge in [0.1, 0.15) is 11.6 Å². The lowest BCUT2D eigenvalue weighted by molar-refractivity contribution is 0.415. The molecule has 0 spiro atoms. The van der Waals surface area contributed by atoms with Crippen molar-refractivity contribution in [2.75, 3.05) is 7.11 Å². The molecule has 120 valence electrons. The smallest absolute Gasteiger partial charge is 0.125 e. The van der Waals surface area contributed by atoms with E-state index >= 15 is 0 Å². The van der Waals surface area contributed by atoms with Crippen LogP contribution in [0.5, 0.6) is 5.75 Å². The first kappa shape index (κ1) is 14.5. The molecule has 2 heterocycles. The molecule has 2 aromatic carbocycles. The summed E-state index contributed by atoms with van der Waals surface area (Å²) in [5, 5.41) is 1.01. The number of aromatic amines is 1. The summed E-state index contributed by atoms with van der Waals surface area (Å²) in [6.07, 6.45) is 5.45. The molecule has 0 atom stereocenters. The lowest BCUT2D eigenvalue weighted by atomic mass is 10.0. The highest BCUT2D eigenvalue weighted by molar-refractivity contribution is 5.90. The molecule has 0 saturated heterocycles. The van der Waals surface area contributed by atoms with Crippen LogP contribution in [0.15, 0.2) is 61.2 Å². The molecule has 0 radical (unpaired) electrons. The molecule has 0 fully saturated rings. The van der Waals surface area contributed by atoms with Crippen molar-refractivity contribution in [3.63, 3.8) is 0 Å². The minimum absolute atomic E-state index is 0.251. The van der Waals surface area contributed by atoms with Crippen molar-refractivity contribution in [1.29, 1.82) is 0 Å². The fraction of sp³-hybridized carbons (Fsp3) is 0.105. The van der Waals surface area contributed by atoms with E-state index in [-0.39, 0.29) is 5.82 Å². The highest BCUT2D eigenvalue weighted by Crippen LogP contribution is 2.32. The van der Waals surface area contributed by atoms with E-state index in [1.165, 1.54) is 12.1 Å². The second kappa shape index (κ2) is 5.85. The van der Waals surface area contributed by atoms with Crippen molar-refractivity contribution >= 4 is 10.9 Å². The zero-order chi connectivity index (χ0) is 16.5. The molecule has 1 N–H and O–H groups in total. The Morgan fingerprint density at radius 3 is 2.71 bits per heavy atom. The maximum atomic E-state index is 13.6. The van der Waals surface area contributed by atoms with Gasteiger partial charge in [-0.25, -0.2) is 9.37 Å². The number of benzene rings is 2. The number of nitrogens with one attached hydrogen (secondary N) is 1. The van der Waals surface area contributed by atoms with Crippen LogP contribution in [0, 0.1) is 5.82 Å². The van der Waals surface area contributed by atoms with E-state index in [1.54, 1.807) is 19.6 Å². The second-order valence-electron chi connectivity index (χ2n) is 5.63. The van der Waals surface area contributed by atoms with E-state index in [0.29, 0.717) is 6.54 Å². The van der Waals surface area contributed by atoms with E-state index in [1.807, 2.05) is 41.1 Å². The van der Waals surface area contributed by atoms with Crippen molar-refractivity contribution in [2.24, 2.45) is 0 Å². The van der Waals surface area contributed by atoms with Gasteiger partial charge in [-0.1, -0.05) is 0 Å². The molecule has 0 amide bonds. The summed E-state index contributed by atoms with van der Waals surface area (Å²) in [6.45, 7) is 0.660. The van der Waals surface area contributed by atoms with E-state index < -0.39 is 0 Å². The Labute approximate surface area is 138 Å². The molecule has 24 heavy (non-hydrogen) atoms. The Morgan fingerprint density at radius 2 is 2.00 bits per heavy atom. The number of imidazole rings is 1. The molecule has 4 rings (SSSR count). The van der Waals surface area contributed by atoms with Crippen LogP contribution >= 0.6 is 0 Å². The van der Waals surface area contributed by atoms with Gasteiger partial charge in [0, 0.05) is 28.9 Å². The highest BCUT2D eigenvalue weighted by atomic mass is 19.1. The van der Waals surface area contributed by atoms with Gasteiger partial charge in [-0.2, -0.15) is 0 Å². The van der Waals surface area contributed by atoms with Crippen LogP contribution in [0.4, 0.5) is 4.39 Å². The van der Waals surface area contributed by atoms with E-state index in [4.69, 9.17) is 4.74 Å². The van der Waals surface area contributed by atoms with Crippen LogP contribution in [-0.4, -0.2) is 21.6 Å². The molecule has 0 aliphatic carbocycles. The first-order chi connectivity index (χ1) is 11.7. The summed E-state index contributed by atoms with van der Waals surface area (Å²) in [5.41, 5.74) is 3.90. The minimum Gasteiger partial charge on any atom is -0.497 e. The molecule has 0 aliphatic rings. The predicted molar refractivity (Wildman–Crippen MR) is 91.6 cm³/mol. The van der Waals surface area contributed by atoms with Gasteiger partial charge >= 0.3 is 0 Å². The Morgan fingerprint density at radius 1 is 1.17 bits per heavy atom. The van der Waals surface area contributed by atoms with Gasteiger partial charge < -0.3 is 14.3 Å². The van der Waals surface area contributed by atoms with Crippen molar-refractivity contribution in [3.8, 4) is 17.0 Å². The normalized spacial score (nSPS) is 11.1. The van der Waals surface area contributed by atoms with E-state index in [9.17, 15) is 4.39 Å². The molecule has 0 saturated carbocycles. The fourth-order valence-corrected chi connectivity index (χ4v) is 2.96. The quantitative estimate of drug-likeness (QED) is 0.611. The van der Waals surface area contributed by atoms with Crippen LogP contribution in [0.2, 0.25) is 0 Å². The van der Waals surface area contributed by atoms with Gasteiger partial charge in [0.15, 0.2) is 0 Å². The first-order valence-corrected chi connectivity index (χ1v) is 7.65. The number of rotatable bonds is 4. The Kier molecular flexibility index (Phi) is 3.54. The highest BCUT2D eigenvalue weighted by Gasteiger charge is 2.14. The number of aromatic nitrogens is 3. The molecule has 0 unspecified atom stereocenters. The molecular formula is C19H16FN3O. The maximum absolute atomic E-state index is 13.6. The summed E-state index contributed by atoms with van der Waals surface area (Å²) < 4.78 is 20.8. The molecule has 0 bridgehead atoms. The van der Waals surface area contributed by atoms with Crippen LogP contribution in [0.3, 0.4) is 0 Å². The summed E-state index contributed by atoms with van der Waals surface area (Å²) in [6, 6.07) is 12.7. The van der Waals surface area contributed by atoms with Crippen LogP contribution in [-0.2, 0) is 6.54 Å². The number of halogens is 1. The predicted octanol–water partition coefficient (Wildman–Crippen LogP) is 4.23. The summed E-state index contributed by atoms with van der Waals surface area (Å²) in [4.78, 5) is 7.45. The van der Waals surface area contributed by atoms with Crippen LogP contribution in [0.25, 0.3) is 22.2 Å². The topological polar surface area (TPSA) is 42.8 Å². The number of hydrogen-bond donors (Lipinski definition) is 1. The molecule has 0 aliphatic heterocycles.